The molecule has 1 aliphatic rings. The second-order valence-corrected chi connectivity index (χ2v) is 8.87. The Morgan fingerprint density at radius 1 is 1.03 bits per heavy atom. The molecule has 1 aliphatic heterocycles. The number of pyridine rings is 1. The lowest BCUT2D eigenvalue weighted by Crippen LogP contribution is -2.25. The smallest absolute Gasteiger partial charge is 0.258 e. The Balaban J connectivity index is 1.75. The van der Waals surface area contributed by atoms with Crippen LogP contribution in [0, 0.1) is 5.82 Å². The second kappa shape index (κ2) is 8.70. The normalized spacial score (nSPS) is 15.6. The van der Waals surface area contributed by atoms with E-state index >= 15 is 0 Å². The van der Waals surface area contributed by atoms with Crippen LogP contribution in [0.4, 0.5) is 4.39 Å². The highest BCUT2D eigenvalue weighted by atomic mass is 35.5. The van der Waals surface area contributed by atoms with Crippen LogP contribution in [0.25, 0.3) is 22.0 Å². The summed E-state index contributed by atoms with van der Waals surface area (Å²) in [7, 11) is 0. The van der Waals surface area contributed by atoms with Crippen molar-refractivity contribution in [3.8, 4) is 11.1 Å². The number of para-hydroxylation sites is 1. The third kappa shape index (κ3) is 3.79. The van der Waals surface area contributed by atoms with E-state index in [1.165, 1.54) is 24.1 Å². The number of benzene rings is 3. The number of halogens is 3. The van der Waals surface area contributed by atoms with Crippen LogP contribution in [0.1, 0.15) is 30.5 Å². The molecule has 8 heteroatoms. The van der Waals surface area contributed by atoms with Crippen LogP contribution < -0.4 is 5.56 Å². The van der Waals surface area contributed by atoms with Crippen molar-refractivity contribution in [2.24, 2.45) is 5.10 Å². The van der Waals surface area contributed by atoms with Crippen LogP contribution in [0.2, 0.25) is 10.0 Å². The maximum atomic E-state index is 14.8. The standard InChI is InChI=1S/C26H18Cl2FN3O2/c1-14(33)32-22(24-18(28)6-4-7-19(24)29)13-21(31-32)25-23(15-9-11-16(27)12-10-15)17-5-2-3-8-20(17)30-26(25)34/h2-12,22H,13H2,1H3,(H,30,34). The fourth-order valence-corrected chi connectivity index (χ4v) is 4.86. The number of carbonyl (C=O) groups is 1. The summed E-state index contributed by atoms with van der Waals surface area (Å²) in [6.07, 6.45) is 0.127. The van der Waals surface area contributed by atoms with Gasteiger partial charge >= 0.3 is 0 Å². The van der Waals surface area contributed by atoms with Gasteiger partial charge in [0.15, 0.2) is 0 Å². The molecule has 2 heterocycles. The van der Waals surface area contributed by atoms with E-state index in [9.17, 15) is 14.0 Å². The predicted molar refractivity (Wildman–Crippen MR) is 133 cm³/mol. The first-order chi connectivity index (χ1) is 16.3. The fourth-order valence-electron chi connectivity index (χ4n) is 4.44. The van der Waals surface area contributed by atoms with Crippen LogP contribution in [0.15, 0.2) is 76.6 Å². The minimum Gasteiger partial charge on any atom is -0.321 e. The first kappa shape index (κ1) is 22.3. The Morgan fingerprint density at radius 2 is 1.76 bits per heavy atom. The molecular formula is C26H18Cl2FN3O2. The third-order valence-corrected chi connectivity index (χ3v) is 6.49. The van der Waals surface area contributed by atoms with E-state index in [2.05, 4.69) is 10.1 Å². The van der Waals surface area contributed by atoms with Crippen molar-refractivity contribution in [1.29, 1.82) is 0 Å². The van der Waals surface area contributed by atoms with Crippen molar-refractivity contribution in [3.63, 3.8) is 0 Å². The quantitative estimate of drug-likeness (QED) is 0.361. The lowest BCUT2D eigenvalue weighted by atomic mass is 9.91. The number of amides is 1. The first-order valence-electron chi connectivity index (χ1n) is 10.6. The molecule has 1 atom stereocenters. The van der Waals surface area contributed by atoms with E-state index in [0.717, 1.165) is 10.9 Å². The van der Waals surface area contributed by atoms with E-state index in [1.54, 1.807) is 18.2 Å². The Morgan fingerprint density at radius 3 is 2.47 bits per heavy atom. The van der Waals surface area contributed by atoms with Crippen LogP contribution in [0.3, 0.4) is 0 Å². The Labute approximate surface area is 204 Å². The molecule has 170 valence electrons. The SMILES string of the molecule is CC(=O)N1N=C(c2c(-c3ccc(Cl)cc3)c3ccccc3[nH]c2=O)CC1c1c(F)cccc1Cl. The molecule has 34 heavy (non-hydrogen) atoms. The molecule has 1 N–H and O–H groups in total. The second-order valence-electron chi connectivity index (χ2n) is 8.02. The molecule has 0 radical (unpaired) electrons. The minimum absolute atomic E-state index is 0.127. The zero-order valence-corrected chi connectivity index (χ0v) is 19.5. The summed E-state index contributed by atoms with van der Waals surface area (Å²) < 4.78 is 14.8. The van der Waals surface area contributed by atoms with Crippen molar-refractivity contribution in [2.45, 2.75) is 19.4 Å². The predicted octanol–water partition coefficient (Wildman–Crippen LogP) is 6.34. The van der Waals surface area contributed by atoms with Crippen LogP contribution in [-0.2, 0) is 4.79 Å². The molecule has 0 saturated carbocycles. The highest BCUT2D eigenvalue weighted by Gasteiger charge is 2.36. The Kier molecular flexibility index (Phi) is 5.71. The number of hydrogen-bond acceptors (Lipinski definition) is 3. The number of rotatable bonds is 3. The van der Waals surface area contributed by atoms with Gasteiger partial charge in [-0.25, -0.2) is 9.40 Å². The number of hydrazone groups is 1. The van der Waals surface area contributed by atoms with Crippen LogP contribution >= 0.6 is 23.2 Å². The highest BCUT2D eigenvalue weighted by molar-refractivity contribution is 6.31. The third-order valence-electron chi connectivity index (χ3n) is 5.91. The van der Waals surface area contributed by atoms with Gasteiger partial charge < -0.3 is 4.98 Å². The zero-order chi connectivity index (χ0) is 24.0. The summed E-state index contributed by atoms with van der Waals surface area (Å²) in [6.45, 7) is 1.35. The van der Waals surface area contributed by atoms with Gasteiger partial charge in [-0.2, -0.15) is 5.10 Å². The Bertz CT molecular complexity index is 1510. The van der Waals surface area contributed by atoms with Crippen molar-refractivity contribution < 1.29 is 9.18 Å². The molecular weight excluding hydrogens is 476 g/mol. The number of hydrogen-bond donors (Lipinski definition) is 1. The molecule has 0 fully saturated rings. The molecule has 0 aliphatic carbocycles. The van der Waals surface area contributed by atoms with E-state index < -0.39 is 11.9 Å². The van der Waals surface area contributed by atoms with Crippen LogP contribution in [0.5, 0.6) is 0 Å². The molecule has 0 saturated heterocycles. The summed E-state index contributed by atoms with van der Waals surface area (Å²) in [6, 6.07) is 18.2. The molecule has 1 aromatic heterocycles. The first-order valence-corrected chi connectivity index (χ1v) is 11.3. The summed E-state index contributed by atoms with van der Waals surface area (Å²) >= 11 is 12.4. The number of aromatic amines is 1. The van der Waals surface area contributed by atoms with E-state index in [-0.39, 0.29) is 28.5 Å². The minimum atomic E-state index is -0.773. The number of nitrogens with one attached hydrogen (secondary N) is 1. The summed E-state index contributed by atoms with van der Waals surface area (Å²) in [5.41, 5.74) is 2.61. The molecule has 0 spiro atoms. The molecule has 1 unspecified atom stereocenters. The molecule has 3 aromatic carbocycles. The van der Waals surface area contributed by atoms with Gasteiger partial charge in [-0.3, -0.25) is 9.59 Å². The lowest BCUT2D eigenvalue weighted by Gasteiger charge is -2.21. The van der Waals surface area contributed by atoms with E-state index in [4.69, 9.17) is 23.2 Å². The fraction of sp³-hybridized carbons (Fsp3) is 0.115. The maximum Gasteiger partial charge on any atom is 0.258 e. The lowest BCUT2D eigenvalue weighted by molar-refractivity contribution is -0.130. The van der Waals surface area contributed by atoms with Crippen molar-refractivity contribution in [1.82, 2.24) is 9.99 Å². The molecule has 5 rings (SSSR count). The van der Waals surface area contributed by atoms with Crippen molar-refractivity contribution in [3.05, 3.63) is 104 Å². The summed E-state index contributed by atoms with van der Waals surface area (Å²) in [5.74, 6) is -0.921. The van der Waals surface area contributed by atoms with Gasteiger partial charge in [0.05, 0.1) is 17.3 Å². The number of H-pyrrole nitrogens is 1. The number of aromatic nitrogens is 1. The monoisotopic (exact) mass is 493 g/mol. The number of fused-ring (bicyclic) bond motifs is 1. The molecule has 5 nitrogen and oxygen atoms in total. The maximum absolute atomic E-state index is 14.8. The summed E-state index contributed by atoms with van der Waals surface area (Å²) in [5, 5.41) is 7.26. The molecule has 4 aromatic rings. The van der Waals surface area contributed by atoms with Crippen LogP contribution in [-0.4, -0.2) is 21.6 Å². The zero-order valence-electron chi connectivity index (χ0n) is 18.0. The van der Waals surface area contributed by atoms with E-state index in [0.29, 0.717) is 27.4 Å². The average Bonchev–Trinajstić information content (AvgIpc) is 3.23. The Hall–Kier alpha value is -3.48. The molecule has 0 bridgehead atoms. The van der Waals surface area contributed by atoms with Crippen molar-refractivity contribution >= 4 is 45.7 Å². The average molecular weight is 494 g/mol. The van der Waals surface area contributed by atoms with E-state index in [1.807, 2.05) is 36.4 Å². The largest absolute Gasteiger partial charge is 0.321 e. The van der Waals surface area contributed by atoms with Gasteiger partial charge in [0.25, 0.3) is 5.56 Å². The molecule has 1 amide bonds. The number of nitrogens with zero attached hydrogens (tertiary/aromatic N) is 2. The van der Waals surface area contributed by atoms with Gasteiger partial charge in [-0.05, 0) is 35.9 Å². The van der Waals surface area contributed by atoms with Gasteiger partial charge in [-0.15, -0.1) is 0 Å². The summed E-state index contributed by atoms with van der Waals surface area (Å²) in [4.78, 5) is 28.8. The van der Waals surface area contributed by atoms with Gasteiger partial charge in [-0.1, -0.05) is 59.6 Å². The topological polar surface area (TPSA) is 65.5 Å². The highest BCUT2D eigenvalue weighted by Crippen LogP contribution is 2.40. The van der Waals surface area contributed by atoms with Gasteiger partial charge in [0.1, 0.15) is 5.82 Å². The van der Waals surface area contributed by atoms with Crippen molar-refractivity contribution in [2.75, 3.05) is 0 Å². The van der Waals surface area contributed by atoms with Gasteiger partial charge in [0, 0.05) is 45.4 Å². The number of carbonyl (C=O) groups excluding carboxylic acids is 1. The van der Waals surface area contributed by atoms with Gasteiger partial charge in [0.2, 0.25) is 5.91 Å².